The molecule has 1 amide bonds. The van der Waals surface area contributed by atoms with Crippen LogP contribution in [0.3, 0.4) is 0 Å². The van der Waals surface area contributed by atoms with E-state index in [4.69, 9.17) is 9.15 Å². The number of halogens is 1. The molecule has 5 aromatic rings. The van der Waals surface area contributed by atoms with Crippen molar-refractivity contribution in [3.8, 4) is 11.4 Å². The Morgan fingerprint density at radius 1 is 1.09 bits per heavy atom. The second-order valence-electron chi connectivity index (χ2n) is 7.53. The van der Waals surface area contributed by atoms with Crippen molar-refractivity contribution in [1.82, 2.24) is 9.55 Å². The van der Waals surface area contributed by atoms with Crippen molar-refractivity contribution in [2.45, 2.75) is 12.1 Å². The lowest BCUT2D eigenvalue weighted by atomic mass is 10.2. The van der Waals surface area contributed by atoms with E-state index in [1.54, 1.807) is 42.5 Å². The second-order valence-corrected chi connectivity index (χ2v) is 8.47. The highest BCUT2D eigenvalue weighted by Gasteiger charge is 2.21. The molecule has 3 aromatic carbocycles. The summed E-state index contributed by atoms with van der Waals surface area (Å²) in [5, 5.41) is 3.66. The fourth-order valence-corrected chi connectivity index (χ4v) is 4.53. The summed E-state index contributed by atoms with van der Waals surface area (Å²) in [6.07, 6.45) is 0. The van der Waals surface area contributed by atoms with Crippen molar-refractivity contribution in [3.05, 3.63) is 89.0 Å². The maximum Gasteiger partial charge on any atom is 0.302 e. The van der Waals surface area contributed by atoms with Crippen molar-refractivity contribution in [2.75, 3.05) is 17.7 Å². The van der Waals surface area contributed by atoms with Crippen molar-refractivity contribution in [1.29, 1.82) is 0 Å². The number of aromatic nitrogens is 2. The Hall–Kier alpha value is -4.11. The highest BCUT2D eigenvalue weighted by molar-refractivity contribution is 7.99. The van der Waals surface area contributed by atoms with Crippen LogP contribution in [0.4, 0.5) is 10.1 Å². The number of fused-ring (bicyclic) bond motifs is 3. The molecule has 0 bridgehead atoms. The molecule has 2 aromatic heterocycles. The molecule has 0 unspecified atom stereocenters. The average molecular weight is 490 g/mol. The molecule has 35 heavy (non-hydrogen) atoms. The molecule has 0 radical (unpaired) electrons. The number of nitrogens with zero attached hydrogens (tertiary/aromatic N) is 2. The van der Waals surface area contributed by atoms with Gasteiger partial charge < -0.3 is 14.5 Å². The van der Waals surface area contributed by atoms with Crippen LogP contribution in [-0.2, 0) is 4.79 Å². The van der Waals surface area contributed by atoms with E-state index >= 15 is 0 Å². The Morgan fingerprint density at radius 3 is 2.66 bits per heavy atom. The van der Waals surface area contributed by atoms with Gasteiger partial charge in [0.2, 0.25) is 11.5 Å². The Balaban J connectivity index is 1.54. The van der Waals surface area contributed by atoms with Crippen molar-refractivity contribution >= 4 is 45.4 Å². The molecule has 2 heterocycles. The van der Waals surface area contributed by atoms with Gasteiger partial charge in [0.05, 0.1) is 23.7 Å². The van der Waals surface area contributed by atoms with Crippen LogP contribution in [0.2, 0.25) is 0 Å². The third-order valence-corrected chi connectivity index (χ3v) is 6.19. The van der Waals surface area contributed by atoms with Gasteiger partial charge in [0.15, 0.2) is 5.16 Å². The predicted octanol–water partition coefficient (Wildman–Crippen LogP) is 5.40. The van der Waals surface area contributed by atoms with Gasteiger partial charge in [-0.25, -0.2) is 13.9 Å². The number of anilines is 1. The molecule has 9 heteroatoms. The van der Waals surface area contributed by atoms with Gasteiger partial charge in [-0.2, -0.15) is 0 Å². The standard InChI is InChI=1S/C26H20FN3O4S/c1-2-33-21-14-8-5-11-18(21)28-22(31)15-35-26-29-23-16-9-3-7-13-20(16)34-24(23)25(32)30(26)19-12-6-4-10-17(19)27/h3-14H,2,15H2,1H3,(H,28,31). The van der Waals surface area contributed by atoms with Crippen molar-refractivity contribution in [2.24, 2.45) is 0 Å². The summed E-state index contributed by atoms with van der Waals surface area (Å²) in [6, 6.07) is 20.2. The molecule has 5 rings (SSSR count). The van der Waals surface area contributed by atoms with Crippen LogP contribution in [0.15, 0.2) is 87.2 Å². The van der Waals surface area contributed by atoms with E-state index in [9.17, 15) is 14.0 Å². The van der Waals surface area contributed by atoms with Gasteiger partial charge in [-0.3, -0.25) is 9.59 Å². The summed E-state index contributed by atoms with van der Waals surface area (Å²) in [5.74, 6) is -0.429. The Kier molecular flexibility index (Phi) is 6.24. The zero-order valence-electron chi connectivity index (χ0n) is 18.7. The number of hydrogen-bond acceptors (Lipinski definition) is 6. The number of hydrogen-bond donors (Lipinski definition) is 1. The maximum absolute atomic E-state index is 14.7. The monoisotopic (exact) mass is 489 g/mol. The van der Waals surface area contributed by atoms with Gasteiger partial charge in [-0.1, -0.05) is 48.2 Å². The maximum atomic E-state index is 14.7. The van der Waals surface area contributed by atoms with E-state index in [-0.39, 0.29) is 28.1 Å². The zero-order valence-corrected chi connectivity index (χ0v) is 19.5. The minimum atomic E-state index is -0.594. The van der Waals surface area contributed by atoms with Gasteiger partial charge >= 0.3 is 5.56 Å². The highest BCUT2D eigenvalue weighted by Crippen LogP contribution is 2.29. The number of para-hydroxylation sites is 4. The molecular weight excluding hydrogens is 469 g/mol. The number of rotatable bonds is 7. The van der Waals surface area contributed by atoms with E-state index < -0.39 is 11.4 Å². The largest absolute Gasteiger partial charge is 0.492 e. The number of ether oxygens (including phenoxy) is 1. The molecule has 1 N–H and O–H groups in total. The SMILES string of the molecule is CCOc1ccccc1NC(=O)CSc1nc2c(oc3ccccc32)c(=O)n1-c1ccccc1F. The molecular formula is C26H20FN3O4S. The van der Waals surface area contributed by atoms with Gasteiger partial charge in [0, 0.05) is 5.39 Å². The molecule has 176 valence electrons. The zero-order chi connectivity index (χ0) is 24.4. The summed E-state index contributed by atoms with van der Waals surface area (Å²) >= 11 is 1.03. The summed E-state index contributed by atoms with van der Waals surface area (Å²) < 4.78 is 27.2. The first-order chi connectivity index (χ1) is 17.1. The van der Waals surface area contributed by atoms with Crippen LogP contribution < -0.4 is 15.6 Å². The topological polar surface area (TPSA) is 86.4 Å². The van der Waals surface area contributed by atoms with Gasteiger partial charge in [0.25, 0.3) is 0 Å². The van der Waals surface area contributed by atoms with E-state index in [1.807, 2.05) is 19.1 Å². The van der Waals surface area contributed by atoms with E-state index in [1.165, 1.54) is 18.2 Å². The quantitative estimate of drug-likeness (QED) is 0.243. The lowest BCUT2D eigenvalue weighted by molar-refractivity contribution is -0.113. The molecule has 0 aliphatic heterocycles. The lowest BCUT2D eigenvalue weighted by Gasteiger charge is -2.13. The van der Waals surface area contributed by atoms with Crippen LogP contribution in [0.1, 0.15) is 6.92 Å². The molecule has 0 aliphatic rings. The highest BCUT2D eigenvalue weighted by atomic mass is 32.2. The fourth-order valence-electron chi connectivity index (χ4n) is 3.73. The van der Waals surface area contributed by atoms with Gasteiger partial charge in [-0.05, 0) is 43.3 Å². The Bertz CT molecular complexity index is 1610. The third-order valence-electron chi connectivity index (χ3n) is 5.25. The van der Waals surface area contributed by atoms with Crippen LogP contribution in [0, 0.1) is 5.82 Å². The second kappa shape index (κ2) is 9.63. The molecule has 0 spiro atoms. The van der Waals surface area contributed by atoms with Crippen molar-refractivity contribution < 1.29 is 18.3 Å². The fraction of sp³-hybridized carbons (Fsp3) is 0.115. The summed E-state index contributed by atoms with van der Waals surface area (Å²) in [4.78, 5) is 30.9. The molecule has 0 saturated carbocycles. The summed E-state index contributed by atoms with van der Waals surface area (Å²) in [7, 11) is 0. The van der Waals surface area contributed by atoms with Crippen LogP contribution in [0.5, 0.6) is 5.75 Å². The molecule has 0 saturated heterocycles. The van der Waals surface area contributed by atoms with E-state index in [0.29, 0.717) is 34.5 Å². The first kappa shape index (κ1) is 22.7. The molecule has 7 nitrogen and oxygen atoms in total. The number of benzene rings is 3. The van der Waals surface area contributed by atoms with Gasteiger partial charge in [-0.15, -0.1) is 0 Å². The van der Waals surface area contributed by atoms with E-state index in [0.717, 1.165) is 16.3 Å². The van der Waals surface area contributed by atoms with Crippen LogP contribution in [-0.4, -0.2) is 27.8 Å². The summed E-state index contributed by atoms with van der Waals surface area (Å²) in [6.45, 7) is 2.32. The number of nitrogens with one attached hydrogen (secondary N) is 1. The van der Waals surface area contributed by atoms with Crippen molar-refractivity contribution in [3.63, 3.8) is 0 Å². The van der Waals surface area contributed by atoms with Crippen LogP contribution in [0.25, 0.3) is 27.8 Å². The smallest absolute Gasteiger partial charge is 0.302 e. The predicted molar refractivity (Wildman–Crippen MR) is 134 cm³/mol. The minimum absolute atomic E-state index is 0.0221. The third kappa shape index (κ3) is 4.38. The molecule has 0 fully saturated rings. The number of carbonyl (C=O) groups is 1. The first-order valence-electron chi connectivity index (χ1n) is 10.9. The lowest BCUT2D eigenvalue weighted by Crippen LogP contribution is -2.23. The first-order valence-corrected chi connectivity index (χ1v) is 11.9. The summed E-state index contributed by atoms with van der Waals surface area (Å²) in [5.41, 5.74) is 0.893. The average Bonchev–Trinajstić information content (AvgIpc) is 3.24. The number of thioether (sulfide) groups is 1. The van der Waals surface area contributed by atoms with Crippen LogP contribution >= 0.6 is 11.8 Å². The molecule has 0 aliphatic carbocycles. The van der Waals surface area contributed by atoms with E-state index in [2.05, 4.69) is 10.3 Å². The number of furan rings is 1. The molecule has 0 atom stereocenters. The Morgan fingerprint density at radius 2 is 1.83 bits per heavy atom. The Labute approximate surface area is 203 Å². The minimum Gasteiger partial charge on any atom is -0.492 e. The number of carbonyl (C=O) groups excluding carboxylic acids is 1. The van der Waals surface area contributed by atoms with Gasteiger partial charge in [0.1, 0.15) is 22.7 Å². The normalized spacial score (nSPS) is 11.1. The number of amides is 1.